The summed E-state index contributed by atoms with van der Waals surface area (Å²) in [6.45, 7) is 0. The molecule has 1 aromatic carbocycles. The van der Waals surface area contributed by atoms with Gasteiger partial charge in [-0.2, -0.15) is 0 Å². The van der Waals surface area contributed by atoms with Crippen molar-refractivity contribution >= 4 is 23.3 Å². The molecule has 21 heavy (non-hydrogen) atoms. The maximum atomic E-state index is 13.1. The number of benzene rings is 1. The maximum Gasteiger partial charge on any atom is 0.252 e. The zero-order valence-electron chi connectivity index (χ0n) is 11.4. The number of nitrogens with one attached hydrogen (secondary N) is 1. The molecule has 1 aliphatic carbocycles. The zero-order valence-corrected chi connectivity index (χ0v) is 12.2. The first-order valence-corrected chi connectivity index (χ1v) is 7.12. The molecule has 0 saturated heterocycles. The quantitative estimate of drug-likeness (QED) is 0.347. The molecule has 0 spiro atoms. The molecule has 1 aliphatic rings. The minimum absolute atomic E-state index is 0.0104. The predicted molar refractivity (Wildman–Crippen MR) is 78.1 cm³/mol. The van der Waals surface area contributed by atoms with Gasteiger partial charge in [-0.15, -0.1) is 0 Å². The average molecular weight is 314 g/mol. The molecule has 0 unspecified atom stereocenters. The van der Waals surface area contributed by atoms with E-state index in [1.165, 1.54) is 12.1 Å². The van der Waals surface area contributed by atoms with Crippen molar-refractivity contribution in [2.45, 2.75) is 37.6 Å². The van der Waals surface area contributed by atoms with E-state index < -0.39 is 17.3 Å². The number of halogens is 2. The molecule has 0 aliphatic heterocycles. The Morgan fingerprint density at radius 2 is 2.05 bits per heavy atom. The average Bonchev–Trinajstić information content (AvgIpc) is 2.50. The Kier molecular flexibility index (Phi) is 4.67. The van der Waals surface area contributed by atoms with Crippen LogP contribution >= 0.6 is 11.6 Å². The second-order valence-corrected chi connectivity index (χ2v) is 5.62. The molecule has 5 nitrogen and oxygen atoms in total. The van der Waals surface area contributed by atoms with Crippen molar-refractivity contribution in [1.82, 2.24) is 5.32 Å². The number of nitrogens with zero attached hydrogens (tertiary/aromatic N) is 1. The first kappa shape index (κ1) is 15.6. The van der Waals surface area contributed by atoms with E-state index in [9.17, 15) is 9.18 Å². The monoisotopic (exact) mass is 313 g/mol. The molecule has 0 bridgehead atoms. The van der Waals surface area contributed by atoms with Gasteiger partial charge in [0.15, 0.2) is 5.84 Å². The first-order valence-electron chi connectivity index (χ1n) is 6.74. The molecule has 0 radical (unpaired) electrons. The summed E-state index contributed by atoms with van der Waals surface area (Å²) < 4.78 is 13.1. The number of hydrogen-bond acceptors (Lipinski definition) is 3. The van der Waals surface area contributed by atoms with Crippen LogP contribution in [-0.4, -0.2) is 22.5 Å². The van der Waals surface area contributed by atoms with Crippen LogP contribution in [0.15, 0.2) is 23.4 Å². The molecule has 4 N–H and O–H groups in total. The second-order valence-electron chi connectivity index (χ2n) is 5.21. The van der Waals surface area contributed by atoms with Gasteiger partial charge in [-0.05, 0) is 31.0 Å². The number of carbonyl (C=O) groups is 1. The molecular weight excluding hydrogens is 297 g/mol. The van der Waals surface area contributed by atoms with E-state index >= 15 is 0 Å². The van der Waals surface area contributed by atoms with Gasteiger partial charge in [0.25, 0.3) is 5.91 Å². The van der Waals surface area contributed by atoms with Crippen molar-refractivity contribution in [2.75, 3.05) is 0 Å². The van der Waals surface area contributed by atoms with Crippen molar-refractivity contribution < 1.29 is 14.4 Å². The van der Waals surface area contributed by atoms with Crippen LogP contribution in [0.25, 0.3) is 0 Å². The largest absolute Gasteiger partial charge is 0.409 e. The van der Waals surface area contributed by atoms with Gasteiger partial charge >= 0.3 is 0 Å². The summed E-state index contributed by atoms with van der Waals surface area (Å²) in [7, 11) is 0. The summed E-state index contributed by atoms with van der Waals surface area (Å²) in [5.74, 6) is -1.02. The predicted octanol–water partition coefficient (Wildman–Crippen LogP) is 2.66. The number of oxime groups is 1. The Morgan fingerprint density at radius 3 is 2.62 bits per heavy atom. The summed E-state index contributed by atoms with van der Waals surface area (Å²) in [6, 6.07) is 3.74. The molecule has 1 fully saturated rings. The lowest BCUT2D eigenvalue weighted by Gasteiger charge is -2.36. The molecule has 0 atom stereocenters. The maximum absolute atomic E-state index is 13.1. The standard InChI is InChI=1S/C14H17ClFN3O2/c15-10-8-9(4-5-11(10)16)12(20)18-14(13(17)19-21)6-2-1-3-7-14/h4-5,8,21H,1-3,6-7H2,(H2,17,19)(H,18,20). The Labute approximate surface area is 127 Å². The molecule has 7 heteroatoms. The highest BCUT2D eigenvalue weighted by molar-refractivity contribution is 6.31. The van der Waals surface area contributed by atoms with Gasteiger partial charge in [0.05, 0.1) is 5.02 Å². The van der Waals surface area contributed by atoms with Gasteiger partial charge in [0.2, 0.25) is 0 Å². The van der Waals surface area contributed by atoms with Crippen LogP contribution in [0.4, 0.5) is 4.39 Å². The lowest BCUT2D eigenvalue weighted by molar-refractivity contribution is 0.0905. The van der Waals surface area contributed by atoms with E-state index in [0.29, 0.717) is 12.8 Å². The molecular formula is C14H17ClFN3O2. The lowest BCUT2D eigenvalue weighted by Crippen LogP contribution is -2.58. The Hall–Kier alpha value is -1.82. The highest BCUT2D eigenvalue weighted by Gasteiger charge is 2.38. The molecule has 114 valence electrons. The normalized spacial score (nSPS) is 18.3. The third-order valence-corrected chi connectivity index (χ3v) is 4.13. The number of nitrogens with two attached hydrogens (primary N) is 1. The van der Waals surface area contributed by atoms with Gasteiger partial charge in [-0.3, -0.25) is 4.79 Å². The van der Waals surface area contributed by atoms with Crippen LogP contribution in [-0.2, 0) is 0 Å². The van der Waals surface area contributed by atoms with Gasteiger partial charge in [-0.1, -0.05) is 36.0 Å². The number of rotatable bonds is 3. The highest BCUT2D eigenvalue weighted by Crippen LogP contribution is 2.29. The van der Waals surface area contributed by atoms with Gasteiger partial charge in [0.1, 0.15) is 11.4 Å². The number of amidine groups is 1. The van der Waals surface area contributed by atoms with Gasteiger partial charge in [0, 0.05) is 5.56 Å². The van der Waals surface area contributed by atoms with Crippen molar-refractivity contribution in [3.05, 3.63) is 34.6 Å². The molecule has 1 amide bonds. The van der Waals surface area contributed by atoms with Crippen molar-refractivity contribution in [1.29, 1.82) is 0 Å². The van der Waals surface area contributed by atoms with E-state index in [2.05, 4.69) is 10.5 Å². The first-order chi connectivity index (χ1) is 9.98. The summed E-state index contributed by atoms with van der Waals surface area (Å²) in [5.41, 5.74) is 5.14. The molecule has 0 heterocycles. The van der Waals surface area contributed by atoms with E-state index in [1.807, 2.05) is 0 Å². The summed E-state index contributed by atoms with van der Waals surface area (Å²) in [4.78, 5) is 12.3. The van der Waals surface area contributed by atoms with Crippen LogP contribution in [0.1, 0.15) is 42.5 Å². The molecule has 1 aromatic rings. The Morgan fingerprint density at radius 1 is 1.38 bits per heavy atom. The molecule has 2 rings (SSSR count). The smallest absolute Gasteiger partial charge is 0.252 e. The van der Waals surface area contributed by atoms with Crippen LogP contribution in [0.3, 0.4) is 0 Å². The number of hydrogen-bond donors (Lipinski definition) is 3. The minimum Gasteiger partial charge on any atom is -0.409 e. The SMILES string of the molecule is N/C(=N/O)C1(NC(=O)c2ccc(F)c(Cl)c2)CCCCC1. The third-order valence-electron chi connectivity index (χ3n) is 3.84. The third kappa shape index (κ3) is 3.26. The highest BCUT2D eigenvalue weighted by atomic mass is 35.5. The fourth-order valence-corrected chi connectivity index (χ4v) is 2.80. The van der Waals surface area contributed by atoms with Crippen molar-refractivity contribution in [3.63, 3.8) is 0 Å². The lowest BCUT2D eigenvalue weighted by atomic mass is 9.80. The summed E-state index contributed by atoms with van der Waals surface area (Å²) in [6.07, 6.45) is 3.99. The van der Waals surface area contributed by atoms with Crippen molar-refractivity contribution in [2.24, 2.45) is 10.9 Å². The van der Waals surface area contributed by atoms with E-state index in [-0.39, 0.29) is 16.4 Å². The van der Waals surface area contributed by atoms with E-state index in [0.717, 1.165) is 25.3 Å². The van der Waals surface area contributed by atoms with Gasteiger partial charge in [-0.25, -0.2) is 4.39 Å². The summed E-state index contributed by atoms with van der Waals surface area (Å²) in [5, 5.41) is 14.7. The second kappa shape index (κ2) is 6.30. The van der Waals surface area contributed by atoms with Crippen LogP contribution < -0.4 is 11.1 Å². The number of carbonyl (C=O) groups excluding carboxylic acids is 1. The fourth-order valence-electron chi connectivity index (χ4n) is 2.62. The van der Waals surface area contributed by atoms with E-state index in [1.54, 1.807) is 0 Å². The van der Waals surface area contributed by atoms with Crippen LogP contribution in [0, 0.1) is 5.82 Å². The van der Waals surface area contributed by atoms with Crippen LogP contribution in [0.2, 0.25) is 5.02 Å². The summed E-state index contributed by atoms with van der Waals surface area (Å²) >= 11 is 5.68. The molecule has 0 aromatic heterocycles. The van der Waals surface area contributed by atoms with Gasteiger partial charge < -0.3 is 16.3 Å². The van der Waals surface area contributed by atoms with Crippen molar-refractivity contribution in [3.8, 4) is 0 Å². The molecule has 1 saturated carbocycles. The zero-order chi connectivity index (χ0) is 15.5. The fraction of sp³-hybridized carbons (Fsp3) is 0.429. The topological polar surface area (TPSA) is 87.7 Å². The minimum atomic E-state index is -0.856. The number of amides is 1. The Bertz CT molecular complexity index is 571. The van der Waals surface area contributed by atoms with Crippen LogP contribution in [0.5, 0.6) is 0 Å². The van der Waals surface area contributed by atoms with E-state index in [4.69, 9.17) is 22.5 Å². The Balaban J connectivity index is 2.23.